The van der Waals surface area contributed by atoms with Gasteiger partial charge in [0.2, 0.25) is 0 Å². The largest absolute Gasteiger partial charge is 0.202 e. The fourth-order valence-electron chi connectivity index (χ4n) is 3.63. The molecule has 0 fully saturated rings. The highest BCUT2D eigenvalue weighted by atomic mass is 14.9. The van der Waals surface area contributed by atoms with Gasteiger partial charge in [0, 0.05) is 25.0 Å². The lowest BCUT2D eigenvalue weighted by molar-refractivity contribution is -0.703. The molecule has 0 bridgehead atoms. The highest BCUT2D eigenvalue weighted by molar-refractivity contribution is 5.05. The normalized spacial score (nSPS) is 11.2. The third-order valence-corrected chi connectivity index (χ3v) is 5.40. The molecule has 0 aliphatic heterocycles. The zero-order valence-corrected chi connectivity index (χ0v) is 17.5. The molecule has 144 valence electrons. The van der Waals surface area contributed by atoms with Gasteiger partial charge in [-0.1, -0.05) is 90.4 Å². The summed E-state index contributed by atoms with van der Waals surface area (Å²) in [6, 6.07) is 4.44. The Labute approximate surface area is 158 Å². The molecule has 1 aromatic heterocycles. The van der Waals surface area contributed by atoms with Crippen LogP contribution in [0.3, 0.4) is 0 Å². The number of unbranched alkanes of at least 4 members (excludes halogenated alkanes) is 14. The average Bonchev–Trinajstić information content (AvgIpc) is 2.61. The van der Waals surface area contributed by atoms with Gasteiger partial charge in [-0.05, 0) is 19.4 Å². The van der Waals surface area contributed by atoms with Gasteiger partial charge in [0.15, 0.2) is 11.9 Å². The maximum Gasteiger partial charge on any atom is 0.178 e. The minimum atomic E-state index is 1.19. The molecule has 0 radical (unpaired) electrons. The molecule has 0 aliphatic carbocycles. The number of hydrogen-bond acceptors (Lipinski definition) is 0. The van der Waals surface area contributed by atoms with Crippen LogP contribution in [0.5, 0.6) is 0 Å². The van der Waals surface area contributed by atoms with Crippen LogP contribution in [0.2, 0.25) is 0 Å². The van der Waals surface area contributed by atoms with Crippen molar-refractivity contribution in [2.45, 2.75) is 124 Å². The van der Waals surface area contributed by atoms with Crippen LogP contribution in [-0.2, 0) is 6.54 Å². The van der Waals surface area contributed by atoms with Crippen molar-refractivity contribution in [2.75, 3.05) is 0 Å². The first-order chi connectivity index (χ1) is 12.2. The summed E-state index contributed by atoms with van der Waals surface area (Å²) < 4.78 is 2.41. The van der Waals surface area contributed by atoms with Crippen molar-refractivity contribution in [1.82, 2.24) is 0 Å². The van der Waals surface area contributed by atoms with E-state index in [0.717, 1.165) is 0 Å². The highest BCUT2D eigenvalue weighted by Gasteiger charge is 2.05. The Morgan fingerprint density at radius 3 is 1.52 bits per heavy atom. The number of aromatic nitrogens is 1. The molecular formula is C24H44N+. The molecule has 0 spiro atoms. The third kappa shape index (κ3) is 12.2. The van der Waals surface area contributed by atoms with Crippen LogP contribution in [0.25, 0.3) is 0 Å². The highest BCUT2D eigenvalue weighted by Crippen LogP contribution is 2.13. The summed E-state index contributed by atoms with van der Waals surface area (Å²) in [7, 11) is 0. The quantitative estimate of drug-likeness (QED) is 0.216. The standard InChI is InChI=1S/C24H44N/c1-4-5-6-7-8-9-10-11-12-13-14-15-16-17-18-21-25-22-23(2)19-20-24(25)3/h19-20,22H,4-18,21H2,1-3H3/q+1. The SMILES string of the molecule is CCCCCCCCCCCCCCCCC[n+]1cc(C)ccc1C. The summed E-state index contributed by atoms with van der Waals surface area (Å²) in [5, 5.41) is 0. The van der Waals surface area contributed by atoms with E-state index in [1.54, 1.807) is 0 Å². The van der Waals surface area contributed by atoms with Gasteiger partial charge < -0.3 is 0 Å². The van der Waals surface area contributed by atoms with E-state index in [-0.39, 0.29) is 0 Å². The molecule has 1 heterocycles. The van der Waals surface area contributed by atoms with Crippen LogP contribution >= 0.6 is 0 Å². The van der Waals surface area contributed by atoms with Gasteiger partial charge in [0.25, 0.3) is 0 Å². The Kier molecular flexibility index (Phi) is 13.7. The predicted octanol–water partition coefficient (Wildman–Crippen LogP) is 7.46. The van der Waals surface area contributed by atoms with E-state index < -0.39 is 0 Å². The second-order valence-corrected chi connectivity index (χ2v) is 7.99. The second-order valence-electron chi connectivity index (χ2n) is 7.99. The van der Waals surface area contributed by atoms with Gasteiger partial charge in [-0.15, -0.1) is 0 Å². The average molecular weight is 347 g/mol. The van der Waals surface area contributed by atoms with Crippen LogP contribution in [0.1, 0.15) is 114 Å². The van der Waals surface area contributed by atoms with Gasteiger partial charge in [-0.3, -0.25) is 0 Å². The zero-order valence-electron chi connectivity index (χ0n) is 17.5. The third-order valence-electron chi connectivity index (χ3n) is 5.40. The lowest BCUT2D eigenvalue weighted by atomic mass is 10.0. The van der Waals surface area contributed by atoms with Crippen molar-refractivity contribution in [1.29, 1.82) is 0 Å². The molecule has 1 heteroatoms. The van der Waals surface area contributed by atoms with Gasteiger partial charge in [0.05, 0.1) is 0 Å². The Balaban J connectivity index is 1.82. The van der Waals surface area contributed by atoms with E-state index >= 15 is 0 Å². The lowest BCUT2D eigenvalue weighted by Crippen LogP contribution is -2.36. The van der Waals surface area contributed by atoms with E-state index in [0.29, 0.717) is 0 Å². The first-order valence-electron chi connectivity index (χ1n) is 11.2. The first kappa shape index (κ1) is 22.2. The number of aryl methyl sites for hydroxylation is 3. The monoisotopic (exact) mass is 346 g/mol. The summed E-state index contributed by atoms with van der Waals surface area (Å²) in [6.07, 6.45) is 23.8. The molecule has 0 amide bonds. The fraction of sp³-hybridized carbons (Fsp3) is 0.792. The van der Waals surface area contributed by atoms with Gasteiger partial charge >= 0.3 is 0 Å². The summed E-state index contributed by atoms with van der Waals surface area (Å²) >= 11 is 0. The number of nitrogens with zero attached hydrogens (tertiary/aromatic N) is 1. The Morgan fingerprint density at radius 1 is 0.600 bits per heavy atom. The van der Waals surface area contributed by atoms with E-state index in [4.69, 9.17) is 0 Å². The minimum absolute atomic E-state index is 1.19. The molecule has 0 atom stereocenters. The second kappa shape index (κ2) is 15.4. The summed E-state index contributed by atoms with van der Waals surface area (Å²) in [6.45, 7) is 7.88. The van der Waals surface area contributed by atoms with Crippen LogP contribution < -0.4 is 4.57 Å². The molecule has 0 unspecified atom stereocenters. The first-order valence-corrected chi connectivity index (χ1v) is 11.2. The molecule has 1 nitrogen and oxygen atoms in total. The van der Waals surface area contributed by atoms with Crippen LogP contribution in [0.15, 0.2) is 18.3 Å². The predicted molar refractivity (Wildman–Crippen MR) is 111 cm³/mol. The van der Waals surface area contributed by atoms with Crippen LogP contribution in [0, 0.1) is 13.8 Å². The van der Waals surface area contributed by atoms with Gasteiger partial charge in [-0.25, -0.2) is 4.57 Å². The van der Waals surface area contributed by atoms with Gasteiger partial charge in [-0.2, -0.15) is 0 Å². The molecule has 0 aliphatic rings. The van der Waals surface area contributed by atoms with Crippen molar-refractivity contribution in [3.05, 3.63) is 29.6 Å². The topological polar surface area (TPSA) is 3.88 Å². The maximum absolute atomic E-state index is 2.41. The molecule has 1 rings (SSSR count). The summed E-state index contributed by atoms with van der Waals surface area (Å²) in [4.78, 5) is 0. The molecule has 0 saturated carbocycles. The van der Waals surface area contributed by atoms with Gasteiger partial charge in [0.1, 0.15) is 6.54 Å². The Hall–Kier alpha value is -0.850. The van der Waals surface area contributed by atoms with Crippen molar-refractivity contribution >= 4 is 0 Å². The minimum Gasteiger partial charge on any atom is -0.202 e. The summed E-state index contributed by atoms with van der Waals surface area (Å²) in [5.41, 5.74) is 2.75. The Bertz CT molecular complexity index is 424. The van der Waals surface area contributed by atoms with Crippen LogP contribution in [-0.4, -0.2) is 0 Å². The van der Waals surface area contributed by atoms with Crippen molar-refractivity contribution in [2.24, 2.45) is 0 Å². The number of pyridine rings is 1. The van der Waals surface area contributed by atoms with Crippen molar-refractivity contribution < 1.29 is 4.57 Å². The molecular weight excluding hydrogens is 302 g/mol. The van der Waals surface area contributed by atoms with E-state index in [9.17, 15) is 0 Å². The van der Waals surface area contributed by atoms with Crippen molar-refractivity contribution in [3.63, 3.8) is 0 Å². The number of hydrogen-bond donors (Lipinski definition) is 0. The van der Waals surface area contributed by atoms with E-state index in [1.165, 1.54) is 114 Å². The molecule has 0 saturated heterocycles. The fourth-order valence-corrected chi connectivity index (χ4v) is 3.63. The zero-order chi connectivity index (χ0) is 18.2. The van der Waals surface area contributed by atoms with Crippen molar-refractivity contribution in [3.8, 4) is 0 Å². The van der Waals surface area contributed by atoms with E-state index in [1.807, 2.05) is 0 Å². The summed E-state index contributed by atoms with van der Waals surface area (Å²) in [5.74, 6) is 0. The number of rotatable bonds is 16. The lowest BCUT2D eigenvalue weighted by Gasteiger charge is -2.04. The molecule has 1 aromatic rings. The van der Waals surface area contributed by atoms with E-state index in [2.05, 4.69) is 43.7 Å². The Morgan fingerprint density at radius 2 is 1.04 bits per heavy atom. The molecule has 0 aromatic carbocycles. The smallest absolute Gasteiger partial charge is 0.178 e. The maximum atomic E-state index is 2.41. The molecule has 25 heavy (non-hydrogen) atoms. The van der Waals surface area contributed by atoms with Crippen LogP contribution in [0.4, 0.5) is 0 Å². The molecule has 0 N–H and O–H groups in total.